The molecular formula is C13H19N3O. The second kappa shape index (κ2) is 5.65. The molecule has 17 heavy (non-hydrogen) atoms. The molecule has 0 saturated carbocycles. The van der Waals surface area contributed by atoms with E-state index in [9.17, 15) is 5.11 Å². The van der Waals surface area contributed by atoms with Crippen molar-refractivity contribution in [2.45, 2.75) is 33.7 Å². The summed E-state index contributed by atoms with van der Waals surface area (Å²) in [5.74, 6) is 0.840. The molecule has 0 saturated heterocycles. The van der Waals surface area contributed by atoms with E-state index in [1.54, 1.807) is 0 Å². The smallest absolute Gasteiger partial charge is 0.144 e. The molecule has 1 atom stereocenters. The Morgan fingerprint density at radius 3 is 2.59 bits per heavy atom. The molecule has 92 valence electrons. The molecule has 4 nitrogen and oxygen atoms in total. The second-order valence-corrected chi connectivity index (χ2v) is 4.59. The van der Waals surface area contributed by atoms with Gasteiger partial charge in [-0.3, -0.25) is 0 Å². The van der Waals surface area contributed by atoms with Crippen molar-refractivity contribution in [2.24, 2.45) is 5.92 Å². The lowest BCUT2D eigenvalue weighted by atomic mass is 10.0. The number of nitrogens with one attached hydrogen (secondary N) is 1. The van der Waals surface area contributed by atoms with E-state index in [1.807, 2.05) is 33.8 Å². The monoisotopic (exact) mass is 233 g/mol. The van der Waals surface area contributed by atoms with Crippen LogP contribution in [0.1, 0.15) is 30.7 Å². The number of aliphatic hydroxyl groups excluding tert-OH is 1. The standard InChI is InChI=1S/C13H19N3O/c1-8(2)12(7-17)16-13-11(6-14)9(3)5-10(4)15-13/h5,8,12,17H,7H2,1-4H3,(H,15,16). The molecule has 0 aromatic carbocycles. The van der Waals surface area contributed by atoms with Gasteiger partial charge in [0.15, 0.2) is 0 Å². The maximum absolute atomic E-state index is 9.29. The Morgan fingerprint density at radius 1 is 1.47 bits per heavy atom. The Kier molecular flexibility index (Phi) is 4.47. The van der Waals surface area contributed by atoms with Crippen molar-refractivity contribution < 1.29 is 5.11 Å². The van der Waals surface area contributed by atoms with Crippen molar-refractivity contribution in [3.8, 4) is 6.07 Å². The number of nitriles is 1. The van der Waals surface area contributed by atoms with Gasteiger partial charge < -0.3 is 10.4 Å². The quantitative estimate of drug-likeness (QED) is 0.834. The Morgan fingerprint density at radius 2 is 2.12 bits per heavy atom. The topological polar surface area (TPSA) is 68.9 Å². The minimum absolute atomic E-state index is 0.0250. The fourth-order valence-corrected chi connectivity index (χ4v) is 1.68. The molecular weight excluding hydrogens is 214 g/mol. The van der Waals surface area contributed by atoms with Gasteiger partial charge in [0, 0.05) is 5.69 Å². The van der Waals surface area contributed by atoms with Crippen LogP contribution >= 0.6 is 0 Å². The second-order valence-electron chi connectivity index (χ2n) is 4.59. The Labute approximate surface area is 102 Å². The highest BCUT2D eigenvalue weighted by atomic mass is 16.3. The van der Waals surface area contributed by atoms with Crippen molar-refractivity contribution in [1.82, 2.24) is 4.98 Å². The number of rotatable bonds is 4. The molecule has 0 amide bonds. The van der Waals surface area contributed by atoms with E-state index < -0.39 is 0 Å². The summed E-state index contributed by atoms with van der Waals surface area (Å²) in [4.78, 5) is 4.33. The van der Waals surface area contributed by atoms with E-state index in [0.29, 0.717) is 11.4 Å². The van der Waals surface area contributed by atoms with Crippen LogP contribution in [0.3, 0.4) is 0 Å². The number of anilines is 1. The molecule has 0 fully saturated rings. The zero-order valence-corrected chi connectivity index (χ0v) is 10.8. The zero-order valence-electron chi connectivity index (χ0n) is 10.8. The molecule has 1 aromatic heterocycles. The van der Waals surface area contributed by atoms with Crippen LogP contribution in [0.25, 0.3) is 0 Å². The number of aromatic nitrogens is 1. The summed E-state index contributed by atoms with van der Waals surface area (Å²) < 4.78 is 0. The molecule has 1 heterocycles. The maximum atomic E-state index is 9.29. The molecule has 0 aliphatic heterocycles. The molecule has 1 aromatic rings. The first-order valence-corrected chi connectivity index (χ1v) is 5.75. The van der Waals surface area contributed by atoms with Crippen molar-refractivity contribution in [1.29, 1.82) is 5.26 Å². The molecule has 2 N–H and O–H groups in total. The van der Waals surface area contributed by atoms with Crippen LogP contribution in [-0.2, 0) is 0 Å². The van der Waals surface area contributed by atoms with Crippen LogP contribution in [0, 0.1) is 31.1 Å². The van der Waals surface area contributed by atoms with Gasteiger partial charge in [0.2, 0.25) is 0 Å². The van der Waals surface area contributed by atoms with Gasteiger partial charge in [-0.25, -0.2) is 4.98 Å². The molecule has 0 bridgehead atoms. The number of aryl methyl sites for hydroxylation is 2. The molecule has 0 aliphatic rings. The van der Waals surface area contributed by atoms with Crippen LogP contribution in [-0.4, -0.2) is 22.7 Å². The van der Waals surface area contributed by atoms with Crippen LogP contribution in [0.4, 0.5) is 5.82 Å². The molecule has 4 heteroatoms. The van der Waals surface area contributed by atoms with Crippen molar-refractivity contribution in [3.63, 3.8) is 0 Å². The lowest BCUT2D eigenvalue weighted by Gasteiger charge is -2.21. The number of hydrogen-bond donors (Lipinski definition) is 2. The molecule has 0 aliphatic carbocycles. The number of hydrogen-bond acceptors (Lipinski definition) is 4. The third-order valence-corrected chi connectivity index (χ3v) is 2.78. The lowest BCUT2D eigenvalue weighted by Crippen LogP contribution is -2.30. The van der Waals surface area contributed by atoms with E-state index in [1.165, 1.54) is 0 Å². The summed E-state index contributed by atoms with van der Waals surface area (Å²) in [7, 11) is 0. The predicted molar refractivity (Wildman–Crippen MR) is 67.8 cm³/mol. The molecule has 1 rings (SSSR count). The van der Waals surface area contributed by atoms with Crippen LogP contribution < -0.4 is 5.32 Å². The van der Waals surface area contributed by atoms with Gasteiger partial charge in [-0.15, -0.1) is 0 Å². The van der Waals surface area contributed by atoms with E-state index in [0.717, 1.165) is 11.3 Å². The summed E-state index contributed by atoms with van der Waals surface area (Å²) in [6.07, 6.45) is 0. The largest absolute Gasteiger partial charge is 0.394 e. The van der Waals surface area contributed by atoms with Crippen LogP contribution in [0.15, 0.2) is 6.07 Å². The van der Waals surface area contributed by atoms with Crippen molar-refractivity contribution in [2.75, 3.05) is 11.9 Å². The maximum Gasteiger partial charge on any atom is 0.144 e. The third kappa shape index (κ3) is 3.18. The fourth-order valence-electron chi connectivity index (χ4n) is 1.68. The average Bonchev–Trinajstić information content (AvgIpc) is 2.24. The average molecular weight is 233 g/mol. The Hall–Kier alpha value is -1.60. The normalized spacial score (nSPS) is 12.3. The Bertz CT molecular complexity index is 435. The van der Waals surface area contributed by atoms with Gasteiger partial charge >= 0.3 is 0 Å². The minimum atomic E-state index is -0.0872. The summed E-state index contributed by atoms with van der Waals surface area (Å²) >= 11 is 0. The van der Waals surface area contributed by atoms with Crippen molar-refractivity contribution in [3.05, 3.63) is 22.9 Å². The van der Waals surface area contributed by atoms with Gasteiger partial charge in [0.05, 0.1) is 18.2 Å². The highest BCUT2D eigenvalue weighted by Crippen LogP contribution is 2.19. The predicted octanol–water partition coefficient (Wildman–Crippen LogP) is 2.00. The highest BCUT2D eigenvalue weighted by Gasteiger charge is 2.16. The van der Waals surface area contributed by atoms with Gasteiger partial charge in [-0.1, -0.05) is 13.8 Å². The Balaban J connectivity index is 3.09. The van der Waals surface area contributed by atoms with E-state index in [-0.39, 0.29) is 18.6 Å². The lowest BCUT2D eigenvalue weighted by molar-refractivity contribution is 0.249. The molecule has 0 spiro atoms. The first kappa shape index (κ1) is 13.5. The van der Waals surface area contributed by atoms with Gasteiger partial charge in [-0.05, 0) is 31.4 Å². The van der Waals surface area contributed by atoms with Gasteiger partial charge in [0.1, 0.15) is 11.9 Å². The van der Waals surface area contributed by atoms with Crippen molar-refractivity contribution >= 4 is 5.82 Å². The van der Waals surface area contributed by atoms with Crippen LogP contribution in [0.5, 0.6) is 0 Å². The highest BCUT2D eigenvalue weighted by molar-refractivity contribution is 5.56. The summed E-state index contributed by atoms with van der Waals surface area (Å²) in [5, 5.41) is 21.6. The fraction of sp³-hybridized carbons (Fsp3) is 0.538. The first-order chi connectivity index (χ1) is 7.99. The summed E-state index contributed by atoms with van der Waals surface area (Å²) in [6, 6.07) is 3.95. The third-order valence-electron chi connectivity index (χ3n) is 2.78. The van der Waals surface area contributed by atoms with E-state index in [4.69, 9.17) is 5.26 Å². The van der Waals surface area contributed by atoms with E-state index in [2.05, 4.69) is 16.4 Å². The van der Waals surface area contributed by atoms with E-state index >= 15 is 0 Å². The number of aliphatic hydroxyl groups is 1. The first-order valence-electron chi connectivity index (χ1n) is 5.75. The molecule has 0 radical (unpaired) electrons. The number of pyridine rings is 1. The summed E-state index contributed by atoms with van der Waals surface area (Å²) in [5.41, 5.74) is 2.32. The molecule has 1 unspecified atom stereocenters. The van der Waals surface area contributed by atoms with Gasteiger partial charge in [0.25, 0.3) is 0 Å². The minimum Gasteiger partial charge on any atom is -0.394 e. The number of nitrogens with zero attached hydrogens (tertiary/aromatic N) is 2. The zero-order chi connectivity index (χ0) is 13.0. The van der Waals surface area contributed by atoms with Gasteiger partial charge in [-0.2, -0.15) is 5.26 Å². The van der Waals surface area contributed by atoms with Crippen LogP contribution in [0.2, 0.25) is 0 Å². The summed E-state index contributed by atoms with van der Waals surface area (Å²) in [6.45, 7) is 7.84. The SMILES string of the molecule is Cc1cc(C)c(C#N)c(NC(CO)C(C)C)n1.